The van der Waals surface area contributed by atoms with E-state index in [0.717, 1.165) is 22.4 Å². The van der Waals surface area contributed by atoms with E-state index in [1.807, 2.05) is 62.4 Å². The number of rotatable bonds is 3. The van der Waals surface area contributed by atoms with E-state index in [4.69, 9.17) is 0 Å². The Balaban J connectivity index is 1.91. The molecule has 26 heavy (non-hydrogen) atoms. The summed E-state index contributed by atoms with van der Waals surface area (Å²) in [6, 6.07) is 15.3. The van der Waals surface area contributed by atoms with Crippen LogP contribution in [0.3, 0.4) is 0 Å². The molecule has 0 heterocycles. The lowest BCUT2D eigenvalue weighted by molar-refractivity contribution is -0.140. The van der Waals surface area contributed by atoms with Gasteiger partial charge in [0.15, 0.2) is 0 Å². The van der Waals surface area contributed by atoms with Crippen molar-refractivity contribution in [2.45, 2.75) is 45.1 Å². The van der Waals surface area contributed by atoms with Crippen molar-refractivity contribution < 1.29 is 14.7 Å². The quantitative estimate of drug-likeness (QED) is 0.828. The van der Waals surface area contributed by atoms with Crippen LogP contribution in [0.15, 0.2) is 48.5 Å². The van der Waals surface area contributed by atoms with Crippen LogP contribution >= 0.6 is 0 Å². The number of anilines is 1. The van der Waals surface area contributed by atoms with E-state index < -0.39 is 11.5 Å². The number of Topliss-reactive ketones (excluding diaryl/α,β-unsaturated/α-hetero) is 1. The zero-order valence-corrected chi connectivity index (χ0v) is 15.5. The molecular weight excluding hydrogens is 326 g/mol. The molecule has 1 aliphatic carbocycles. The predicted molar refractivity (Wildman–Crippen MR) is 102 cm³/mol. The Morgan fingerprint density at radius 2 is 1.85 bits per heavy atom. The SMILES string of the molecule is Cc1ccc(NC(=O)[C@@H]2C(=O)C[C@](C)(O)C[C@H]2c2ccccc2)c(C)c1. The zero-order valence-electron chi connectivity index (χ0n) is 15.5. The van der Waals surface area contributed by atoms with Gasteiger partial charge in [0.25, 0.3) is 0 Å². The molecule has 1 aliphatic rings. The summed E-state index contributed by atoms with van der Waals surface area (Å²) in [5.41, 5.74) is 2.62. The highest BCUT2D eigenvalue weighted by atomic mass is 16.3. The molecule has 0 aromatic heterocycles. The first-order valence-corrected chi connectivity index (χ1v) is 8.95. The van der Waals surface area contributed by atoms with Crippen LogP contribution < -0.4 is 5.32 Å². The summed E-state index contributed by atoms with van der Waals surface area (Å²) in [4.78, 5) is 25.7. The van der Waals surface area contributed by atoms with Crippen molar-refractivity contribution in [3.63, 3.8) is 0 Å². The molecule has 1 saturated carbocycles. The molecule has 0 spiro atoms. The first-order valence-electron chi connectivity index (χ1n) is 8.95. The Morgan fingerprint density at radius 1 is 1.15 bits per heavy atom. The van der Waals surface area contributed by atoms with Crippen LogP contribution in [0.2, 0.25) is 0 Å². The van der Waals surface area contributed by atoms with Gasteiger partial charge in [-0.3, -0.25) is 9.59 Å². The van der Waals surface area contributed by atoms with E-state index in [0.29, 0.717) is 6.42 Å². The summed E-state index contributed by atoms with van der Waals surface area (Å²) in [6.45, 7) is 5.60. The molecule has 3 atom stereocenters. The van der Waals surface area contributed by atoms with E-state index in [1.54, 1.807) is 6.92 Å². The molecule has 2 aromatic carbocycles. The first kappa shape index (κ1) is 18.3. The second-order valence-electron chi connectivity index (χ2n) is 7.65. The third-order valence-electron chi connectivity index (χ3n) is 5.11. The van der Waals surface area contributed by atoms with Crippen molar-refractivity contribution in [3.05, 3.63) is 65.2 Å². The highest BCUT2D eigenvalue weighted by Gasteiger charge is 2.46. The number of nitrogens with one attached hydrogen (secondary N) is 1. The molecule has 0 saturated heterocycles. The van der Waals surface area contributed by atoms with Gasteiger partial charge in [0.2, 0.25) is 5.91 Å². The number of hydrogen-bond acceptors (Lipinski definition) is 3. The fraction of sp³-hybridized carbons (Fsp3) is 0.364. The molecule has 4 heteroatoms. The number of hydrogen-bond donors (Lipinski definition) is 2. The Bertz CT molecular complexity index is 827. The fourth-order valence-corrected chi connectivity index (χ4v) is 3.88. The molecule has 4 nitrogen and oxygen atoms in total. The Kier molecular flexibility index (Phi) is 4.97. The Morgan fingerprint density at radius 3 is 2.50 bits per heavy atom. The van der Waals surface area contributed by atoms with Gasteiger partial charge in [0.1, 0.15) is 11.7 Å². The standard InChI is InChI=1S/C22H25NO3/c1-14-9-10-18(15(2)11-14)23-21(25)20-17(16-7-5-4-6-8-16)12-22(3,26)13-19(20)24/h4-11,17,20,26H,12-13H2,1-3H3,(H,23,25)/t17-,20-,22+/m0/s1. The minimum atomic E-state index is -1.09. The second kappa shape index (κ2) is 7.04. The number of aryl methyl sites for hydroxylation is 2. The van der Waals surface area contributed by atoms with Gasteiger partial charge in [-0.15, -0.1) is 0 Å². The van der Waals surface area contributed by atoms with E-state index >= 15 is 0 Å². The lowest BCUT2D eigenvalue weighted by Crippen LogP contribution is -2.46. The monoisotopic (exact) mass is 351 g/mol. The highest BCUT2D eigenvalue weighted by molar-refractivity contribution is 6.09. The maximum Gasteiger partial charge on any atom is 0.235 e. The summed E-state index contributed by atoms with van der Waals surface area (Å²) in [6.07, 6.45) is 0.384. The molecule has 1 amide bonds. The van der Waals surface area contributed by atoms with Gasteiger partial charge < -0.3 is 10.4 Å². The molecule has 136 valence electrons. The van der Waals surface area contributed by atoms with Crippen LogP contribution in [0.1, 0.15) is 42.4 Å². The summed E-state index contributed by atoms with van der Waals surface area (Å²) in [5, 5.41) is 13.4. The topological polar surface area (TPSA) is 66.4 Å². The smallest absolute Gasteiger partial charge is 0.235 e. The number of aliphatic hydroxyl groups is 1. The van der Waals surface area contributed by atoms with Gasteiger partial charge in [-0.1, -0.05) is 48.0 Å². The summed E-state index contributed by atoms with van der Waals surface area (Å²) in [7, 11) is 0. The molecule has 0 bridgehead atoms. The number of amides is 1. The van der Waals surface area contributed by atoms with Crippen molar-refractivity contribution in [3.8, 4) is 0 Å². The zero-order chi connectivity index (χ0) is 18.9. The number of benzene rings is 2. The predicted octanol–water partition coefficient (Wildman–Crippen LogP) is 3.76. The molecule has 3 rings (SSSR count). The van der Waals surface area contributed by atoms with Gasteiger partial charge in [0, 0.05) is 18.0 Å². The van der Waals surface area contributed by atoms with Crippen molar-refractivity contribution in [2.75, 3.05) is 5.32 Å². The number of ketones is 1. The van der Waals surface area contributed by atoms with E-state index in [-0.39, 0.29) is 24.0 Å². The maximum absolute atomic E-state index is 13.0. The molecule has 0 unspecified atom stereocenters. The van der Waals surface area contributed by atoms with Crippen LogP contribution in [0.5, 0.6) is 0 Å². The molecule has 0 aliphatic heterocycles. The average molecular weight is 351 g/mol. The normalized spacial score (nSPS) is 25.8. The molecular formula is C22H25NO3. The minimum Gasteiger partial charge on any atom is -0.390 e. The van der Waals surface area contributed by atoms with E-state index in [2.05, 4.69) is 5.32 Å². The number of carbonyl (C=O) groups excluding carboxylic acids is 2. The Hall–Kier alpha value is -2.46. The van der Waals surface area contributed by atoms with Crippen LogP contribution in [0, 0.1) is 19.8 Å². The van der Waals surface area contributed by atoms with Crippen LogP contribution in [0.4, 0.5) is 5.69 Å². The Labute approximate surface area is 154 Å². The summed E-state index contributed by atoms with van der Waals surface area (Å²) >= 11 is 0. The molecule has 0 radical (unpaired) electrons. The van der Waals surface area contributed by atoms with Crippen molar-refractivity contribution >= 4 is 17.4 Å². The molecule has 1 fully saturated rings. The fourth-order valence-electron chi connectivity index (χ4n) is 3.88. The molecule has 2 N–H and O–H groups in total. The minimum absolute atomic E-state index is 0.00129. The second-order valence-corrected chi connectivity index (χ2v) is 7.65. The largest absolute Gasteiger partial charge is 0.390 e. The van der Waals surface area contributed by atoms with E-state index in [1.165, 1.54) is 0 Å². The third kappa shape index (κ3) is 3.86. The average Bonchev–Trinajstić information content (AvgIpc) is 2.56. The summed E-state index contributed by atoms with van der Waals surface area (Å²) in [5.74, 6) is -1.64. The van der Waals surface area contributed by atoms with Gasteiger partial charge in [0.05, 0.1) is 5.60 Å². The van der Waals surface area contributed by atoms with E-state index in [9.17, 15) is 14.7 Å². The van der Waals surface area contributed by atoms with Crippen molar-refractivity contribution in [2.24, 2.45) is 5.92 Å². The summed E-state index contributed by atoms with van der Waals surface area (Å²) < 4.78 is 0. The van der Waals surface area contributed by atoms with Crippen molar-refractivity contribution in [1.82, 2.24) is 0 Å². The maximum atomic E-state index is 13.0. The van der Waals surface area contributed by atoms with Crippen molar-refractivity contribution in [1.29, 1.82) is 0 Å². The molecule has 2 aromatic rings. The third-order valence-corrected chi connectivity index (χ3v) is 5.11. The first-order chi connectivity index (χ1) is 12.3. The van der Waals surface area contributed by atoms with Crippen LogP contribution in [0.25, 0.3) is 0 Å². The van der Waals surface area contributed by atoms with Gasteiger partial charge in [-0.05, 0) is 44.4 Å². The van der Waals surface area contributed by atoms with Gasteiger partial charge >= 0.3 is 0 Å². The van der Waals surface area contributed by atoms with Crippen LogP contribution in [-0.4, -0.2) is 22.4 Å². The van der Waals surface area contributed by atoms with Gasteiger partial charge in [-0.2, -0.15) is 0 Å². The lowest BCUT2D eigenvalue weighted by Gasteiger charge is -2.38. The van der Waals surface area contributed by atoms with Gasteiger partial charge in [-0.25, -0.2) is 0 Å². The lowest BCUT2D eigenvalue weighted by atomic mass is 9.68. The number of carbonyl (C=O) groups is 2. The highest BCUT2D eigenvalue weighted by Crippen LogP contribution is 2.41. The van der Waals surface area contributed by atoms with Crippen LogP contribution in [-0.2, 0) is 9.59 Å².